The second-order valence-electron chi connectivity index (χ2n) is 7.10. The Hall–Kier alpha value is -2.89. The van der Waals surface area contributed by atoms with Crippen LogP contribution in [-0.4, -0.2) is 44.8 Å². The number of para-hydroxylation sites is 1. The van der Waals surface area contributed by atoms with Crippen molar-refractivity contribution in [2.45, 2.75) is 19.4 Å². The zero-order valence-corrected chi connectivity index (χ0v) is 16.3. The van der Waals surface area contributed by atoms with Crippen molar-refractivity contribution in [2.24, 2.45) is 5.92 Å². The van der Waals surface area contributed by atoms with Crippen LogP contribution in [0.15, 0.2) is 36.4 Å². The van der Waals surface area contributed by atoms with Crippen LogP contribution in [0.2, 0.25) is 0 Å². The highest BCUT2D eigenvalue weighted by Gasteiger charge is 2.31. The molecule has 1 atom stereocenters. The third-order valence-electron chi connectivity index (χ3n) is 5.30. The Morgan fingerprint density at radius 2 is 2.00 bits per heavy atom. The summed E-state index contributed by atoms with van der Waals surface area (Å²) in [6, 6.07) is 11.6. The van der Waals surface area contributed by atoms with E-state index < -0.39 is 0 Å². The molecule has 6 nitrogen and oxygen atoms in total. The van der Waals surface area contributed by atoms with Gasteiger partial charge in [-0.25, -0.2) is 0 Å². The highest BCUT2D eigenvalue weighted by Crippen LogP contribution is 2.35. The summed E-state index contributed by atoms with van der Waals surface area (Å²) >= 11 is 0. The van der Waals surface area contributed by atoms with Crippen LogP contribution in [0, 0.1) is 5.92 Å². The summed E-state index contributed by atoms with van der Waals surface area (Å²) in [4.78, 5) is 15.2. The number of methoxy groups -OCH3 is 2. The van der Waals surface area contributed by atoms with E-state index in [1.807, 2.05) is 41.3 Å². The predicted molar refractivity (Wildman–Crippen MR) is 104 cm³/mol. The van der Waals surface area contributed by atoms with Gasteiger partial charge >= 0.3 is 0 Å². The predicted octanol–water partition coefficient (Wildman–Crippen LogP) is 3.07. The number of nitrogens with zero attached hydrogens (tertiary/aromatic N) is 1. The Kier molecular flexibility index (Phi) is 5.28. The molecule has 28 heavy (non-hydrogen) atoms. The van der Waals surface area contributed by atoms with Gasteiger partial charge < -0.3 is 23.8 Å². The number of benzene rings is 2. The number of carbonyl (C=O) groups is 1. The molecular formula is C22H25NO5. The monoisotopic (exact) mass is 383 g/mol. The Labute approximate surface area is 165 Å². The first-order valence-electron chi connectivity index (χ1n) is 9.56. The molecule has 0 fully saturated rings. The highest BCUT2D eigenvalue weighted by molar-refractivity contribution is 5.80. The van der Waals surface area contributed by atoms with E-state index in [1.54, 1.807) is 14.2 Å². The van der Waals surface area contributed by atoms with Gasteiger partial charge in [-0.05, 0) is 30.5 Å². The fourth-order valence-corrected chi connectivity index (χ4v) is 3.81. The van der Waals surface area contributed by atoms with Crippen molar-refractivity contribution in [1.29, 1.82) is 0 Å². The first-order chi connectivity index (χ1) is 13.7. The van der Waals surface area contributed by atoms with Crippen molar-refractivity contribution in [3.8, 4) is 23.0 Å². The number of amides is 1. The van der Waals surface area contributed by atoms with Gasteiger partial charge in [-0.15, -0.1) is 0 Å². The van der Waals surface area contributed by atoms with Crippen LogP contribution in [0.3, 0.4) is 0 Å². The number of rotatable bonds is 3. The van der Waals surface area contributed by atoms with Crippen LogP contribution in [0.25, 0.3) is 0 Å². The van der Waals surface area contributed by atoms with Gasteiger partial charge in [0.15, 0.2) is 11.5 Å². The molecule has 148 valence electrons. The molecule has 0 bridgehead atoms. The summed E-state index contributed by atoms with van der Waals surface area (Å²) in [6.07, 6.45) is 1.46. The maximum Gasteiger partial charge on any atom is 0.229 e. The smallest absolute Gasteiger partial charge is 0.229 e. The molecule has 0 radical (unpaired) electrons. The summed E-state index contributed by atoms with van der Waals surface area (Å²) in [7, 11) is 3.27. The molecular weight excluding hydrogens is 358 g/mol. The molecule has 0 N–H and O–H groups in total. The molecule has 2 aromatic carbocycles. The van der Waals surface area contributed by atoms with E-state index in [2.05, 4.69) is 0 Å². The third-order valence-corrected chi connectivity index (χ3v) is 5.30. The second kappa shape index (κ2) is 8.00. The van der Waals surface area contributed by atoms with E-state index in [0.29, 0.717) is 38.5 Å². The van der Waals surface area contributed by atoms with Crippen LogP contribution >= 0.6 is 0 Å². The van der Waals surface area contributed by atoms with Crippen molar-refractivity contribution in [1.82, 2.24) is 4.90 Å². The quantitative estimate of drug-likeness (QED) is 0.815. The highest BCUT2D eigenvalue weighted by atomic mass is 16.5. The Bertz CT molecular complexity index is 866. The normalized spacial score (nSPS) is 18.5. The first kappa shape index (κ1) is 18.5. The number of carbonyl (C=O) groups excluding carboxylic acids is 1. The lowest BCUT2D eigenvalue weighted by atomic mass is 9.95. The number of fused-ring (bicyclic) bond motifs is 2. The Morgan fingerprint density at radius 3 is 2.82 bits per heavy atom. The molecule has 2 aliphatic heterocycles. The van der Waals surface area contributed by atoms with E-state index in [0.717, 1.165) is 34.8 Å². The van der Waals surface area contributed by atoms with E-state index in [4.69, 9.17) is 18.9 Å². The number of hydrogen-bond donors (Lipinski definition) is 0. The van der Waals surface area contributed by atoms with E-state index in [-0.39, 0.29) is 11.8 Å². The average Bonchev–Trinajstić information content (AvgIpc) is 2.72. The summed E-state index contributed by atoms with van der Waals surface area (Å²) in [5, 5.41) is 0. The van der Waals surface area contributed by atoms with Crippen LogP contribution in [-0.2, 0) is 17.8 Å². The average molecular weight is 383 g/mol. The standard InChI is InChI=1S/C22H25NO5/c1-25-18-8-7-15-11-17(14-28-20(15)12-18)22(24)23-9-4-10-27-21-16(13-23)5-3-6-19(21)26-2/h3,5-8,12,17H,4,9-11,13-14H2,1-2H3. The number of ether oxygens (including phenoxy) is 4. The summed E-state index contributed by atoms with van der Waals surface area (Å²) < 4.78 is 22.4. The van der Waals surface area contributed by atoms with Crippen molar-refractivity contribution in [2.75, 3.05) is 34.0 Å². The molecule has 0 saturated carbocycles. The zero-order valence-electron chi connectivity index (χ0n) is 16.3. The van der Waals surface area contributed by atoms with E-state index in [9.17, 15) is 4.79 Å². The van der Waals surface area contributed by atoms with Gasteiger partial charge in [0.25, 0.3) is 0 Å². The molecule has 2 aromatic rings. The topological polar surface area (TPSA) is 57.2 Å². The van der Waals surface area contributed by atoms with Crippen LogP contribution in [0.5, 0.6) is 23.0 Å². The lowest BCUT2D eigenvalue weighted by molar-refractivity contribution is -0.137. The summed E-state index contributed by atoms with van der Waals surface area (Å²) in [5.74, 6) is 2.94. The molecule has 1 unspecified atom stereocenters. The van der Waals surface area contributed by atoms with Gasteiger partial charge in [-0.2, -0.15) is 0 Å². The second-order valence-corrected chi connectivity index (χ2v) is 7.10. The van der Waals surface area contributed by atoms with Gasteiger partial charge in [-0.1, -0.05) is 18.2 Å². The van der Waals surface area contributed by atoms with Gasteiger partial charge in [0.05, 0.1) is 26.7 Å². The fourth-order valence-electron chi connectivity index (χ4n) is 3.81. The molecule has 1 amide bonds. The third kappa shape index (κ3) is 3.59. The molecule has 2 heterocycles. The molecule has 0 aromatic heterocycles. The van der Waals surface area contributed by atoms with Crippen LogP contribution < -0.4 is 18.9 Å². The Balaban J connectivity index is 1.52. The Morgan fingerprint density at radius 1 is 1.11 bits per heavy atom. The van der Waals surface area contributed by atoms with Gasteiger partial charge in [0, 0.05) is 24.7 Å². The zero-order chi connectivity index (χ0) is 19.5. The summed E-state index contributed by atoms with van der Waals surface area (Å²) in [6.45, 7) is 2.12. The molecule has 0 aliphatic carbocycles. The molecule has 0 saturated heterocycles. The molecule has 0 spiro atoms. The minimum Gasteiger partial charge on any atom is -0.497 e. The lowest BCUT2D eigenvalue weighted by Crippen LogP contribution is -2.41. The lowest BCUT2D eigenvalue weighted by Gasteiger charge is -2.32. The van der Waals surface area contributed by atoms with Crippen LogP contribution in [0.4, 0.5) is 0 Å². The van der Waals surface area contributed by atoms with Gasteiger partial charge in [-0.3, -0.25) is 4.79 Å². The summed E-state index contributed by atoms with van der Waals surface area (Å²) in [5.41, 5.74) is 2.01. The maximum atomic E-state index is 13.3. The SMILES string of the molecule is COc1ccc2c(c1)OCC(C(=O)N1CCCOc3c(cccc3OC)C1)C2. The van der Waals surface area contributed by atoms with Crippen molar-refractivity contribution >= 4 is 5.91 Å². The largest absolute Gasteiger partial charge is 0.497 e. The van der Waals surface area contributed by atoms with E-state index >= 15 is 0 Å². The van der Waals surface area contributed by atoms with Crippen molar-refractivity contribution in [3.05, 3.63) is 47.5 Å². The van der Waals surface area contributed by atoms with Crippen molar-refractivity contribution < 1.29 is 23.7 Å². The number of hydrogen-bond acceptors (Lipinski definition) is 5. The van der Waals surface area contributed by atoms with Gasteiger partial charge in [0.2, 0.25) is 5.91 Å². The van der Waals surface area contributed by atoms with E-state index in [1.165, 1.54) is 0 Å². The minimum absolute atomic E-state index is 0.122. The van der Waals surface area contributed by atoms with Gasteiger partial charge in [0.1, 0.15) is 18.1 Å². The minimum atomic E-state index is -0.185. The molecule has 6 heteroatoms. The fraction of sp³-hybridized carbons (Fsp3) is 0.409. The van der Waals surface area contributed by atoms with Crippen LogP contribution in [0.1, 0.15) is 17.5 Å². The first-order valence-corrected chi connectivity index (χ1v) is 9.56. The molecule has 4 rings (SSSR count). The molecule has 2 aliphatic rings. The van der Waals surface area contributed by atoms with Crippen molar-refractivity contribution in [3.63, 3.8) is 0 Å². The maximum absolute atomic E-state index is 13.3.